The molecule has 0 aromatic heterocycles. The third kappa shape index (κ3) is 4.20. The highest BCUT2D eigenvalue weighted by molar-refractivity contribution is 5.43. The number of rotatable bonds is 8. The van der Waals surface area contributed by atoms with Gasteiger partial charge in [0.05, 0.1) is 19.3 Å². The number of hydroxylamine groups is 1. The van der Waals surface area contributed by atoms with Crippen LogP contribution in [0.1, 0.15) is 45.2 Å². The zero-order valence-corrected chi connectivity index (χ0v) is 11.4. The lowest BCUT2D eigenvalue weighted by Crippen LogP contribution is -2.13. The molecule has 0 saturated carbocycles. The van der Waals surface area contributed by atoms with Crippen LogP contribution in [0.4, 0.5) is 0 Å². The van der Waals surface area contributed by atoms with Crippen molar-refractivity contribution in [3.05, 3.63) is 23.8 Å². The van der Waals surface area contributed by atoms with Crippen LogP contribution in [-0.2, 0) is 0 Å². The van der Waals surface area contributed by atoms with Gasteiger partial charge in [0.2, 0.25) is 0 Å². The normalized spacial score (nSPS) is 12.2. The van der Waals surface area contributed by atoms with E-state index in [1.165, 1.54) is 0 Å². The summed E-state index contributed by atoms with van der Waals surface area (Å²) in [6.07, 6.45) is 1.91. The highest BCUT2D eigenvalue weighted by Gasteiger charge is 2.10. The molecule has 0 fully saturated rings. The molecule has 2 N–H and O–H groups in total. The van der Waals surface area contributed by atoms with Gasteiger partial charge in [0.25, 0.3) is 0 Å². The van der Waals surface area contributed by atoms with Crippen molar-refractivity contribution in [2.45, 2.75) is 39.7 Å². The Bertz CT molecular complexity index is 355. The Morgan fingerprint density at radius 2 is 1.72 bits per heavy atom. The van der Waals surface area contributed by atoms with Gasteiger partial charge < -0.3 is 14.7 Å². The van der Waals surface area contributed by atoms with Gasteiger partial charge in [0.1, 0.15) is 0 Å². The van der Waals surface area contributed by atoms with Crippen molar-refractivity contribution in [1.82, 2.24) is 5.48 Å². The van der Waals surface area contributed by atoms with E-state index in [1.54, 1.807) is 0 Å². The van der Waals surface area contributed by atoms with E-state index in [2.05, 4.69) is 19.3 Å². The summed E-state index contributed by atoms with van der Waals surface area (Å²) < 4.78 is 11.3. The Hall–Kier alpha value is -1.26. The highest BCUT2D eigenvalue weighted by atomic mass is 16.5. The van der Waals surface area contributed by atoms with Crippen LogP contribution in [-0.4, -0.2) is 18.4 Å². The first kappa shape index (κ1) is 14.8. The molecule has 0 radical (unpaired) electrons. The van der Waals surface area contributed by atoms with Crippen LogP contribution < -0.4 is 15.0 Å². The number of benzene rings is 1. The first-order chi connectivity index (χ1) is 8.72. The average Bonchev–Trinajstić information content (AvgIpc) is 2.42. The molecule has 1 atom stereocenters. The van der Waals surface area contributed by atoms with Gasteiger partial charge in [0, 0.05) is 0 Å². The van der Waals surface area contributed by atoms with Gasteiger partial charge in [-0.25, -0.2) is 0 Å². The van der Waals surface area contributed by atoms with Gasteiger partial charge in [-0.3, -0.25) is 0 Å². The molecule has 0 aliphatic heterocycles. The second kappa shape index (κ2) is 7.95. The van der Waals surface area contributed by atoms with E-state index in [9.17, 15) is 0 Å². The summed E-state index contributed by atoms with van der Waals surface area (Å²) in [7, 11) is 0. The minimum absolute atomic E-state index is 0.130. The Balaban J connectivity index is 2.88. The van der Waals surface area contributed by atoms with Crippen molar-refractivity contribution in [3.63, 3.8) is 0 Å². The molecular formula is C14H23NO3. The fraction of sp³-hybridized carbons (Fsp3) is 0.571. The van der Waals surface area contributed by atoms with Crippen molar-refractivity contribution in [3.8, 4) is 11.5 Å². The molecule has 102 valence electrons. The van der Waals surface area contributed by atoms with Crippen molar-refractivity contribution in [1.29, 1.82) is 0 Å². The molecule has 4 heteroatoms. The predicted octanol–water partition coefficient (Wildman–Crippen LogP) is 3.30. The molecule has 0 amide bonds. The van der Waals surface area contributed by atoms with Gasteiger partial charge in [-0.15, -0.1) is 0 Å². The minimum Gasteiger partial charge on any atom is -0.490 e. The standard InChI is InChI=1S/C14H23NO3/c1-4-8-17-13-7-6-12(11(3)15-16)10-14(13)18-9-5-2/h6-7,10-11,15-16H,4-5,8-9H2,1-3H3. The first-order valence-corrected chi connectivity index (χ1v) is 6.52. The van der Waals surface area contributed by atoms with Crippen LogP contribution >= 0.6 is 0 Å². The van der Waals surface area contributed by atoms with E-state index in [1.807, 2.05) is 25.1 Å². The van der Waals surface area contributed by atoms with Gasteiger partial charge >= 0.3 is 0 Å². The van der Waals surface area contributed by atoms with Crippen molar-refractivity contribution < 1.29 is 14.7 Å². The fourth-order valence-electron chi connectivity index (χ4n) is 1.52. The topological polar surface area (TPSA) is 50.7 Å². The third-order valence-corrected chi connectivity index (χ3v) is 2.58. The highest BCUT2D eigenvalue weighted by Crippen LogP contribution is 2.30. The van der Waals surface area contributed by atoms with Gasteiger partial charge in [-0.05, 0) is 37.5 Å². The average molecular weight is 253 g/mol. The summed E-state index contributed by atoms with van der Waals surface area (Å²) in [4.78, 5) is 0. The van der Waals surface area contributed by atoms with Crippen LogP contribution in [0.5, 0.6) is 11.5 Å². The zero-order chi connectivity index (χ0) is 13.4. The van der Waals surface area contributed by atoms with E-state index in [0.717, 1.165) is 29.9 Å². The van der Waals surface area contributed by atoms with Gasteiger partial charge in [0.15, 0.2) is 11.5 Å². The molecule has 0 spiro atoms. The summed E-state index contributed by atoms with van der Waals surface area (Å²) in [6, 6.07) is 5.60. The summed E-state index contributed by atoms with van der Waals surface area (Å²) >= 11 is 0. The van der Waals surface area contributed by atoms with E-state index in [-0.39, 0.29) is 6.04 Å². The minimum atomic E-state index is -0.130. The zero-order valence-electron chi connectivity index (χ0n) is 11.4. The van der Waals surface area contributed by atoms with Gasteiger partial charge in [-0.2, -0.15) is 5.48 Å². The van der Waals surface area contributed by atoms with E-state index in [4.69, 9.17) is 14.7 Å². The van der Waals surface area contributed by atoms with E-state index < -0.39 is 0 Å². The molecule has 4 nitrogen and oxygen atoms in total. The van der Waals surface area contributed by atoms with E-state index in [0.29, 0.717) is 13.2 Å². The number of ether oxygens (including phenoxy) is 2. The molecule has 0 aliphatic carbocycles. The molecule has 0 bridgehead atoms. The lowest BCUT2D eigenvalue weighted by Gasteiger charge is -2.15. The van der Waals surface area contributed by atoms with Crippen LogP contribution in [0.3, 0.4) is 0 Å². The summed E-state index contributed by atoms with van der Waals surface area (Å²) in [5, 5.41) is 8.94. The van der Waals surface area contributed by atoms with Crippen molar-refractivity contribution in [2.24, 2.45) is 0 Å². The maximum atomic E-state index is 8.94. The Morgan fingerprint density at radius 1 is 1.11 bits per heavy atom. The van der Waals surface area contributed by atoms with Crippen molar-refractivity contribution >= 4 is 0 Å². The van der Waals surface area contributed by atoms with Crippen LogP contribution in [0.25, 0.3) is 0 Å². The largest absolute Gasteiger partial charge is 0.490 e. The van der Waals surface area contributed by atoms with Crippen LogP contribution in [0.2, 0.25) is 0 Å². The smallest absolute Gasteiger partial charge is 0.161 e. The van der Waals surface area contributed by atoms with Crippen molar-refractivity contribution in [2.75, 3.05) is 13.2 Å². The SMILES string of the molecule is CCCOc1ccc(C(C)NO)cc1OCCC. The number of nitrogens with one attached hydrogen (secondary N) is 1. The Kier molecular flexibility index (Phi) is 6.54. The molecule has 18 heavy (non-hydrogen) atoms. The number of hydrogen-bond donors (Lipinski definition) is 2. The second-order valence-electron chi connectivity index (χ2n) is 4.25. The molecule has 1 aromatic rings. The lowest BCUT2D eigenvalue weighted by molar-refractivity contribution is 0.133. The molecule has 1 unspecified atom stereocenters. The maximum Gasteiger partial charge on any atom is 0.161 e. The Labute approximate surface area is 109 Å². The molecule has 0 aliphatic rings. The molecule has 1 aromatic carbocycles. The number of hydrogen-bond acceptors (Lipinski definition) is 4. The molecule has 0 heterocycles. The summed E-state index contributed by atoms with van der Waals surface area (Å²) in [6.45, 7) is 7.35. The molecular weight excluding hydrogens is 230 g/mol. The molecule has 0 saturated heterocycles. The first-order valence-electron chi connectivity index (χ1n) is 6.52. The summed E-state index contributed by atoms with van der Waals surface area (Å²) in [5.74, 6) is 1.50. The fourth-order valence-corrected chi connectivity index (χ4v) is 1.52. The predicted molar refractivity (Wildman–Crippen MR) is 71.4 cm³/mol. The second-order valence-corrected chi connectivity index (χ2v) is 4.25. The maximum absolute atomic E-state index is 8.94. The van der Waals surface area contributed by atoms with Gasteiger partial charge in [-0.1, -0.05) is 19.9 Å². The molecule has 1 rings (SSSR count). The monoisotopic (exact) mass is 253 g/mol. The lowest BCUT2D eigenvalue weighted by atomic mass is 10.1. The van der Waals surface area contributed by atoms with Crippen LogP contribution in [0, 0.1) is 0 Å². The van der Waals surface area contributed by atoms with Crippen LogP contribution in [0.15, 0.2) is 18.2 Å². The van der Waals surface area contributed by atoms with E-state index >= 15 is 0 Å². The third-order valence-electron chi connectivity index (χ3n) is 2.58. The Morgan fingerprint density at radius 3 is 2.28 bits per heavy atom. The quantitative estimate of drug-likeness (QED) is 0.698. The summed E-state index contributed by atoms with van der Waals surface area (Å²) in [5.41, 5.74) is 3.20.